The van der Waals surface area contributed by atoms with Crippen molar-refractivity contribution in [1.29, 1.82) is 0 Å². The van der Waals surface area contributed by atoms with E-state index in [1.165, 1.54) is 180 Å². The second kappa shape index (κ2) is 39.9. The molecule has 0 spiro atoms. The lowest BCUT2D eigenvalue weighted by Crippen LogP contribution is -2.20. The molecule has 246 valence electrons. The van der Waals surface area contributed by atoms with Crippen molar-refractivity contribution >= 4 is 0 Å². The van der Waals surface area contributed by atoms with Crippen LogP contribution in [0.15, 0.2) is 48.6 Å². The molecule has 0 radical (unpaired) electrons. The second-order valence-corrected chi connectivity index (χ2v) is 12.4. The molecule has 0 aliphatic heterocycles. The third-order valence-electron chi connectivity index (χ3n) is 8.07. The van der Waals surface area contributed by atoms with Gasteiger partial charge >= 0.3 is 0 Å². The molecule has 42 heavy (non-hydrogen) atoms. The fourth-order valence-corrected chi connectivity index (χ4v) is 5.23. The molecule has 0 amide bonds. The van der Waals surface area contributed by atoms with E-state index in [1.54, 1.807) is 0 Å². The molecular weight excluding hydrogens is 508 g/mol. The maximum Gasteiger partial charge on any atom is -0.00484 e. The Kier molecular flexibility index (Phi) is 38.8. The number of hydrogen-bond acceptors (Lipinski definition) is 2. The van der Waals surface area contributed by atoms with Gasteiger partial charge in [0, 0.05) is 0 Å². The molecule has 2 nitrogen and oxygen atoms in total. The van der Waals surface area contributed by atoms with Crippen molar-refractivity contribution < 1.29 is 0 Å². The number of hydrogen-bond donors (Lipinski definition) is 2. The molecule has 2 N–H and O–H groups in total. The molecule has 0 fully saturated rings. The van der Waals surface area contributed by atoms with Crippen LogP contribution in [0.5, 0.6) is 0 Å². The van der Waals surface area contributed by atoms with Crippen molar-refractivity contribution in [3.63, 3.8) is 0 Å². The van der Waals surface area contributed by atoms with E-state index < -0.39 is 0 Å². The Hall–Kier alpha value is -1.12. The van der Waals surface area contributed by atoms with E-state index >= 15 is 0 Å². The minimum atomic E-state index is 1.12. The summed E-state index contributed by atoms with van der Waals surface area (Å²) in [6, 6.07) is 0. The first-order valence-electron chi connectivity index (χ1n) is 18.9. The van der Waals surface area contributed by atoms with Crippen LogP contribution in [0.4, 0.5) is 0 Å². The number of rotatable bonds is 35. The number of nitrogens with one attached hydrogen (secondary N) is 2. The van der Waals surface area contributed by atoms with Gasteiger partial charge in [-0.3, -0.25) is 0 Å². The van der Waals surface area contributed by atoms with E-state index in [2.05, 4.69) is 73.1 Å². The molecule has 0 aromatic rings. The summed E-state index contributed by atoms with van der Waals surface area (Å²) in [5.74, 6) is 0. The predicted molar refractivity (Wildman–Crippen MR) is 194 cm³/mol. The molecule has 0 aliphatic rings. The molecule has 0 unspecified atom stereocenters. The van der Waals surface area contributed by atoms with Gasteiger partial charge in [0.05, 0.1) is 0 Å². The first-order valence-corrected chi connectivity index (χ1v) is 18.9. The zero-order chi connectivity index (χ0) is 30.3. The molecule has 0 rings (SSSR count). The highest BCUT2D eigenvalue weighted by atomic mass is 14.9. The smallest absolute Gasteiger partial charge is 0.00484 e. The number of allylic oxidation sites excluding steroid dienone is 8. The molecule has 0 saturated carbocycles. The quantitative estimate of drug-likeness (QED) is 0.0572. The van der Waals surface area contributed by atoms with Crippen LogP contribution in [0, 0.1) is 0 Å². The topological polar surface area (TPSA) is 24.1 Å². The Morgan fingerprint density at radius 2 is 0.548 bits per heavy atom. The highest BCUT2D eigenvalue weighted by Gasteiger charge is 1.94. The van der Waals surface area contributed by atoms with E-state index in [9.17, 15) is 0 Å². The van der Waals surface area contributed by atoms with Gasteiger partial charge in [0.15, 0.2) is 0 Å². The second-order valence-electron chi connectivity index (χ2n) is 12.4. The van der Waals surface area contributed by atoms with Gasteiger partial charge in [-0.2, -0.15) is 0 Å². The summed E-state index contributed by atoms with van der Waals surface area (Å²) in [7, 11) is 0. The Morgan fingerprint density at radius 1 is 0.286 bits per heavy atom. The number of unbranched alkanes of at least 4 members (excludes halogenated alkanes) is 19. The Balaban J connectivity index is 3.14. The molecular formula is C40H76N2. The lowest BCUT2D eigenvalue weighted by Gasteiger charge is -2.06. The minimum absolute atomic E-state index is 1.12. The summed E-state index contributed by atoms with van der Waals surface area (Å²) in [6.07, 6.45) is 53.4. The summed E-state index contributed by atoms with van der Waals surface area (Å²) in [6.45, 7) is 9.32. The molecule has 0 aliphatic carbocycles. The van der Waals surface area contributed by atoms with Gasteiger partial charge in [-0.25, -0.2) is 0 Å². The van der Waals surface area contributed by atoms with Gasteiger partial charge in [-0.05, 0) is 116 Å². The summed E-state index contributed by atoms with van der Waals surface area (Å²) in [4.78, 5) is 0. The van der Waals surface area contributed by atoms with Crippen LogP contribution in [-0.4, -0.2) is 26.2 Å². The average molecular weight is 585 g/mol. The fraction of sp³-hybridized carbons (Fsp3) is 0.800. The van der Waals surface area contributed by atoms with E-state index in [1.807, 2.05) is 0 Å². The van der Waals surface area contributed by atoms with Gasteiger partial charge < -0.3 is 10.6 Å². The highest BCUT2D eigenvalue weighted by molar-refractivity contribution is 4.93. The molecule has 0 atom stereocenters. The lowest BCUT2D eigenvalue weighted by molar-refractivity contribution is 0.534. The zero-order valence-electron chi connectivity index (χ0n) is 28.8. The van der Waals surface area contributed by atoms with Gasteiger partial charge in [-0.1, -0.05) is 140 Å². The largest absolute Gasteiger partial charge is 0.317 e. The standard InChI is InChI=1S/C40H76N2/c1-3-5-7-9-11-13-15-17-19-21-23-25-27-29-31-33-37-41-39-35-36-40-42-38-34-32-30-28-26-24-22-20-18-16-14-12-10-8-6-4-2/h11-14,17-20,41-42H,3-10,15-16,21-40H2,1-2H3/b13-11-,14-12-,19-17-,20-18-. The molecule has 0 heterocycles. The van der Waals surface area contributed by atoms with Crippen molar-refractivity contribution in [1.82, 2.24) is 10.6 Å². The summed E-state index contributed by atoms with van der Waals surface area (Å²) in [5, 5.41) is 7.29. The first-order chi connectivity index (χ1) is 20.9. The summed E-state index contributed by atoms with van der Waals surface area (Å²) >= 11 is 0. The average Bonchev–Trinajstić information content (AvgIpc) is 3.00. The van der Waals surface area contributed by atoms with Crippen LogP contribution in [-0.2, 0) is 0 Å². The van der Waals surface area contributed by atoms with Gasteiger partial charge in [-0.15, -0.1) is 0 Å². The fourth-order valence-electron chi connectivity index (χ4n) is 5.23. The van der Waals surface area contributed by atoms with Crippen LogP contribution in [0.2, 0.25) is 0 Å². The van der Waals surface area contributed by atoms with Crippen LogP contribution in [0.1, 0.15) is 181 Å². The van der Waals surface area contributed by atoms with Crippen molar-refractivity contribution in [2.45, 2.75) is 181 Å². The lowest BCUT2D eigenvalue weighted by atomic mass is 10.1. The van der Waals surface area contributed by atoms with Crippen LogP contribution in [0.3, 0.4) is 0 Å². The minimum Gasteiger partial charge on any atom is -0.317 e. The van der Waals surface area contributed by atoms with Crippen molar-refractivity contribution in [3.05, 3.63) is 48.6 Å². The van der Waals surface area contributed by atoms with Gasteiger partial charge in [0.2, 0.25) is 0 Å². The van der Waals surface area contributed by atoms with E-state index in [4.69, 9.17) is 0 Å². The highest BCUT2D eigenvalue weighted by Crippen LogP contribution is 2.09. The van der Waals surface area contributed by atoms with Gasteiger partial charge in [0.1, 0.15) is 0 Å². The van der Waals surface area contributed by atoms with E-state index in [-0.39, 0.29) is 0 Å². The Morgan fingerprint density at radius 3 is 0.881 bits per heavy atom. The third-order valence-corrected chi connectivity index (χ3v) is 8.07. The predicted octanol–water partition coefficient (Wildman–Crippen LogP) is 12.6. The SMILES string of the molecule is CCCCC/C=C\C/C=C\CCCCCCCCNCCCCNCCCCCCCC/C=C\C/C=C\CCCCC. The van der Waals surface area contributed by atoms with Crippen LogP contribution < -0.4 is 10.6 Å². The van der Waals surface area contributed by atoms with Gasteiger partial charge in [0.25, 0.3) is 0 Å². The zero-order valence-corrected chi connectivity index (χ0v) is 28.8. The normalized spacial score (nSPS) is 12.3. The molecule has 0 aromatic carbocycles. The molecule has 0 bridgehead atoms. The van der Waals surface area contributed by atoms with Crippen LogP contribution >= 0.6 is 0 Å². The van der Waals surface area contributed by atoms with Crippen molar-refractivity contribution in [3.8, 4) is 0 Å². The Bertz CT molecular complexity index is 536. The first kappa shape index (κ1) is 40.9. The summed E-state index contributed by atoms with van der Waals surface area (Å²) in [5.41, 5.74) is 0. The van der Waals surface area contributed by atoms with E-state index in [0.717, 1.165) is 12.8 Å². The maximum atomic E-state index is 3.65. The summed E-state index contributed by atoms with van der Waals surface area (Å²) < 4.78 is 0. The molecule has 0 aromatic heterocycles. The van der Waals surface area contributed by atoms with E-state index in [0.29, 0.717) is 0 Å². The molecule has 0 saturated heterocycles. The molecule has 2 heteroatoms. The monoisotopic (exact) mass is 585 g/mol. The maximum absolute atomic E-state index is 3.65. The van der Waals surface area contributed by atoms with Crippen LogP contribution in [0.25, 0.3) is 0 Å². The van der Waals surface area contributed by atoms with Crippen molar-refractivity contribution in [2.75, 3.05) is 26.2 Å². The van der Waals surface area contributed by atoms with Crippen molar-refractivity contribution in [2.24, 2.45) is 0 Å². The third kappa shape index (κ3) is 38.9. The Labute approximate surface area is 265 Å².